The Hall–Kier alpha value is -4.28. The molecule has 3 aromatic carbocycles. The third-order valence-corrected chi connectivity index (χ3v) is 5.24. The van der Waals surface area contributed by atoms with Crippen molar-refractivity contribution in [2.45, 2.75) is 13.5 Å². The Bertz CT molecular complexity index is 1410. The highest BCUT2D eigenvalue weighted by molar-refractivity contribution is 6.32. The molecule has 0 aromatic heterocycles. The van der Waals surface area contributed by atoms with Crippen molar-refractivity contribution >= 4 is 23.4 Å². The molecule has 0 atom stereocenters. The number of benzene rings is 3. The number of nitrogens with zero attached hydrogens (tertiary/aromatic N) is 2. The fourth-order valence-corrected chi connectivity index (χ4v) is 3.46. The van der Waals surface area contributed by atoms with E-state index >= 15 is 0 Å². The molecule has 1 heterocycles. The fraction of sp³-hybridized carbons (Fsp3) is 0.120. The summed E-state index contributed by atoms with van der Waals surface area (Å²) < 4.78 is 93.4. The van der Waals surface area contributed by atoms with Gasteiger partial charge in [0.25, 0.3) is 5.91 Å². The minimum atomic E-state index is -2.34. The zero-order chi connectivity index (χ0) is 26.1. The summed E-state index contributed by atoms with van der Waals surface area (Å²) in [7, 11) is 1.37. The van der Waals surface area contributed by atoms with Gasteiger partial charge in [-0.15, -0.1) is 0 Å². The van der Waals surface area contributed by atoms with Crippen molar-refractivity contribution in [1.29, 1.82) is 0 Å². The van der Waals surface area contributed by atoms with Gasteiger partial charge in [-0.1, -0.05) is 18.2 Å². The van der Waals surface area contributed by atoms with Crippen LogP contribution in [0.5, 0.6) is 11.5 Å². The molecule has 0 aliphatic carbocycles. The van der Waals surface area contributed by atoms with Gasteiger partial charge in [0.15, 0.2) is 34.8 Å². The summed E-state index contributed by atoms with van der Waals surface area (Å²) in [5.41, 5.74) is -0.663. The van der Waals surface area contributed by atoms with Crippen LogP contribution in [0.1, 0.15) is 18.1 Å². The number of rotatable bonds is 6. The molecule has 1 amide bonds. The topological polar surface area (TPSA) is 51.1 Å². The number of hydrogen-bond acceptors (Lipinski definition) is 4. The number of carbonyl (C=O) groups is 1. The first-order chi connectivity index (χ1) is 17.1. The van der Waals surface area contributed by atoms with Crippen LogP contribution in [0.25, 0.3) is 6.08 Å². The van der Waals surface area contributed by atoms with Gasteiger partial charge in [-0.2, -0.15) is 10.1 Å². The van der Waals surface area contributed by atoms with Crippen molar-refractivity contribution in [2.24, 2.45) is 5.10 Å². The summed E-state index contributed by atoms with van der Waals surface area (Å²) in [5, 5.41) is 3.82. The molecule has 5 nitrogen and oxygen atoms in total. The Labute approximate surface area is 200 Å². The molecule has 0 spiro atoms. The van der Waals surface area contributed by atoms with Crippen LogP contribution in [-0.2, 0) is 11.4 Å². The van der Waals surface area contributed by atoms with Crippen LogP contribution >= 0.6 is 0 Å². The summed E-state index contributed by atoms with van der Waals surface area (Å²) in [5.74, 6) is -12.0. The maximum Gasteiger partial charge on any atom is 0.280 e. The highest BCUT2D eigenvalue weighted by Gasteiger charge is 2.37. The highest BCUT2D eigenvalue weighted by Crippen LogP contribution is 2.35. The number of hydrazone groups is 1. The van der Waals surface area contributed by atoms with E-state index in [2.05, 4.69) is 5.10 Å². The van der Waals surface area contributed by atoms with E-state index in [-0.39, 0.29) is 28.7 Å². The maximum absolute atomic E-state index is 14.2. The Morgan fingerprint density at radius 2 is 1.56 bits per heavy atom. The van der Waals surface area contributed by atoms with Crippen LogP contribution in [0.15, 0.2) is 53.1 Å². The van der Waals surface area contributed by atoms with E-state index in [9.17, 15) is 31.1 Å². The normalized spacial score (nSPS) is 14.4. The Morgan fingerprint density at radius 1 is 0.889 bits per heavy atom. The minimum Gasteiger partial charge on any atom is -0.493 e. The van der Waals surface area contributed by atoms with E-state index in [1.54, 1.807) is 12.1 Å². The van der Waals surface area contributed by atoms with E-state index < -0.39 is 46.5 Å². The van der Waals surface area contributed by atoms with Gasteiger partial charge >= 0.3 is 0 Å². The molecule has 1 aliphatic rings. The molecule has 4 rings (SSSR count). The molecule has 0 radical (unpaired) electrons. The molecular formula is C25H16F6N2O3. The predicted octanol–water partition coefficient (Wildman–Crippen LogP) is 5.91. The Kier molecular flexibility index (Phi) is 6.73. The molecule has 1 aliphatic heterocycles. The molecule has 0 saturated carbocycles. The number of amides is 1. The molecule has 0 unspecified atom stereocenters. The Balaban J connectivity index is 1.62. The number of carbonyl (C=O) groups excluding carboxylic acids is 1. The van der Waals surface area contributed by atoms with Gasteiger partial charge in [-0.05, 0) is 48.4 Å². The second-order valence-corrected chi connectivity index (χ2v) is 7.61. The van der Waals surface area contributed by atoms with Crippen molar-refractivity contribution in [3.63, 3.8) is 0 Å². The zero-order valence-electron chi connectivity index (χ0n) is 18.7. The maximum atomic E-state index is 14.2. The molecule has 0 saturated heterocycles. The third-order valence-electron chi connectivity index (χ3n) is 5.24. The van der Waals surface area contributed by atoms with Crippen molar-refractivity contribution in [3.8, 4) is 11.5 Å². The van der Waals surface area contributed by atoms with Crippen LogP contribution in [0.2, 0.25) is 0 Å². The van der Waals surface area contributed by atoms with Gasteiger partial charge in [0, 0.05) is 0 Å². The predicted molar refractivity (Wildman–Crippen MR) is 119 cm³/mol. The van der Waals surface area contributed by atoms with E-state index in [1.807, 2.05) is 0 Å². The van der Waals surface area contributed by atoms with Gasteiger partial charge in [-0.25, -0.2) is 26.3 Å². The summed E-state index contributed by atoms with van der Waals surface area (Å²) in [4.78, 5) is 12.8. The van der Waals surface area contributed by atoms with Crippen LogP contribution < -0.4 is 14.5 Å². The number of halogens is 6. The van der Waals surface area contributed by atoms with Crippen LogP contribution in [-0.4, -0.2) is 18.7 Å². The zero-order valence-corrected chi connectivity index (χ0v) is 18.7. The second-order valence-electron chi connectivity index (χ2n) is 7.61. The molecule has 0 fully saturated rings. The van der Waals surface area contributed by atoms with Crippen LogP contribution in [0, 0.1) is 34.9 Å². The second kappa shape index (κ2) is 9.76. The molecule has 0 bridgehead atoms. The van der Waals surface area contributed by atoms with Gasteiger partial charge in [-0.3, -0.25) is 4.79 Å². The first-order valence-corrected chi connectivity index (χ1v) is 10.3. The third kappa shape index (κ3) is 4.51. The summed E-state index contributed by atoms with van der Waals surface area (Å²) >= 11 is 0. The Morgan fingerprint density at radius 3 is 2.19 bits per heavy atom. The lowest BCUT2D eigenvalue weighted by Crippen LogP contribution is -2.25. The molecule has 186 valence electrons. The average Bonchev–Trinajstić information content (AvgIpc) is 3.13. The fourth-order valence-electron chi connectivity index (χ4n) is 3.46. The first kappa shape index (κ1) is 24.8. The number of anilines is 1. The lowest BCUT2D eigenvalue weighted by Gasteiger charge is -2.15. The summed E-state index contributed by atoms with van der Waals surface area (Å²) in [6.45, 7) is 1.39. The van der Waals surface area contributed by atoms with Crippen LogP contribution in [0.4, 0.5) is 32.0 Å². The average molecular weight is 506 g/mol. The standard InChI is InChI=1S/C25H16F6N2O3/c1-12-16(25(34)33(32-12)24-22(30)20(28)19(27)21(29)23(24)31)9-13-6-7-17(18(10-13)35-2)36-11-14-4-3-5-15(26)8-14/h3-10H,11H2,1-2H3/b16-9+. The molecular weight excluding hydrogens is 490 g/mol. The molecule has 36 heavy (non-hydrogen) atoms. The lowest BCUT2D eigenvalue weighted by molar-refractivity contribution is -0.114. The number of hydrogen-bond donors (Lipinski definition) is 0. The summed E-state index contributed by atoms with van der Waals surface area (Å²) in [6.07, 6.45) is 1.31. The monoisotopic (exact) mass is 506 g/mol. The van der Waals surface area contributed by atoms with Gasteiger partial charge < -0.3 is 9.47 Å². The minimum absolute atomic E-state index is 0.0191. The van der Waals surface area contributed by atoms with Crippen molar-refractivity contribution in [2.75, 3.05) is 12.1 Å². The lowest BCUT2D eigenvalue weighted by atomic mass is 10.1. The van der Waals surface area contributed by atoms with E-state index in [4.69, 9.17) is 9.47 Å². The number of methoxy groups -OCH3 is 1. The SMILES string of the molecule is COc1cc(/C=C2/C(=O)N(c3c(F)c(F)c(F)c(F)c3F)N=C2C)ccc1OCc1cccc(F)c1. The van der Waals surface area contributed by atoms with E-state index in [0.717, 1.165) is 0 Å². The van der Waals surface area contributed by atoms with Crippen molar-refractivity contribution < 1.29 is 40.6 Å². The first-order valence-electron chi connectivity index (χ1n) is 10.3. The van der Waals surface area contributed by atoms with E-state index in [0.29, 0.717) is 16.9 Å². The van der Waals surface area contributed by atoms with Crippen LogP contribution in [0.3, 0.4) is 0 Å². The molecule has 0 N–H and O–H groups in total. The molecule has 3 aromatic rings. The highest BCUT2D eigenvalue weighted by atomic mass is 19.2. The quantitative estimate of drug-likeness (QED) is 0.181. The summed E-state index contributed by atoms with van der Waals surface area (Å²) in [6, 6.07) is 10.4. The largest absolute Gasteiger partial charge is 0.493 e. The van der Waals surface area contributed by atoms with Crippen molar-refractivity contribution in [3.05, 3.63) is 94.1 Å². The van der Waals surface area contributed by atoms with Crippen molar-refractivity contribution in [1.82, 2.24) is 0 Å². The van der Waals surface area contributed by atoms with E-state index in [1.165, 1.54) is 50.4 Å². The van der Waals surface area contributed by atoms with Gasteiger partial charge in [0.05, 0.1) is 18.4 Å². The molecule has 11 heteroatoms. The smallest absolute Gasteiger partial charge is 0.280 e. The van der Waals surface area contributed by atoms with Gasteiger partial charge in [0.2, 0.25) is 5.82 Å². The van der Waals surface area contributed by atoms with Gasteiger partial charge in [0.1, 0.15) is 18.1 Å². The number of ether oxygens (including phenoxy) is 2.